The molecule has 0 aliphatic heterocycles. The van der Waals surface area contributed by atoms with Crippen LogP contribution in [0.3, 0.4) is 0 Å². The molecule has 0 radical (unpaired) electrons. The number of aromatic nitrogens is 2. The maximum atomic E-state index is 13.2. The minimum Gasteiger partial charge on any atom is -0.268 e. The second kappa shape index (κ2) is 7.52. The van der Waals surface area contributed by atoms with Gasteiger partial charge >= 0.3 is 0 Å². The Morgan fingerprint density at radius 1 is 0.966 bits per heavy atom. The third-order valence-electron chi connectivity index (χ3n) is 4.57. The van der Waals surface area contributed by atoms with Gasteiger partial charge in [-0.25, -0.2) is 4.98 Å². The second-order valence-corrected chi connectivity index (χ2v) is 6.65. The predicted octanol–water partition coefficient (Wildman–Crippen LogP) is 4.77. The van der Waals surface area contributed by atoms with Crippen LogP contribution in [-0.2, 0) is 0 Å². The Labute approximate surface area is 166 Å². The number of aryl methyl sites for hydroxylation is 1. The van der Waals surface area contributed by atoms with Gasteiger partial charge in [0, 0.05) is 12.1 Å². The lowest BCUT2D eigenvalue weighted by molar-refractivity contribution is -0.384. The summed E-state index contributed by atoms with van der Waals surface area (Å²) in [5.74, 6) is 0.450. The van der Waals surface area contributed by atoms with E-state index in [0.717, 1.165) is 5.56 Å². The SMILES string of the molecule is Cc1cccc(-n2c(C=Cc3cccc([N+](=O)[O-])c3)nc3ccccc3c2=O)c1. The molecule has 4 aromatic rings. The van der Waals surface area contributed by atoms with Crippen molar-refractivity contribution >= 4 is 28.7 Å². The van der Waals surface area contributed by atoms with Crippen molar-refractivity contribution in [2.75, 3.05) is 0 Å². The van der Waals surface area contributed by atoms with E-state index >= 15 is 0 Å². The Kier molecular flexibility index (Phi) is 4.75. The molecule has 0 fully saturated rings. The van der Waals surface area contributed by atoms with Crippen LogP contribution in [0.25, 0.3) is 28.7 Å². The molecule has 4 rings (SSSR count). The molecule has 0 bridgehead atoms. The van der Waals surface area contributed by atoms with E-state index in [0.29, 0.717) is 28.0 Å². The fourth-order valence-corrected chi connectivity index (χ4v) is 3.19. The number of benzene rings is 3. The van der Waals surface area contributed by atoms with E-state index < -0.39 is 4.92 Å². The summed E-state index contributed by atoms with van der Waals surface area (Å²) < 4.78 is 1.56. The van der Waals surface area contributed by atoms with E-state index in [9.17, 15) is 14.9 Å². The summed E-state index contributed by atoms with van der Waals surface area (Å²) in [6.07, 6.45) is 3.42. The summed E-state index contributed by atoms with van der Waals surface area (Å²) in [7, 11) is 0. The van der Waals surface area contributed by atoms with E-state index in [1.165, 1.54) is 12.1 Å². The number of rotatable bonds is 4. The molecule has 0 saturated carbocycles. The summed E-state index contributed by atoms with van der Waals surface area (Å²) >= 11 is 0. The molecule has 0 aliphatic carbocycles. The summed E-state index contributed by atoms with van der Waals surface area (Å²) in [5, 5.41) is 11.5. The summed E-state index contributed by atoms with van der Waals surface area (Å²) in [6, 6.07) is 21.1. The number of nitrogens with zero attached hydrogens (tertiary/aromatic N) is 3. The zero-order chi connectivity index (χ0) is 20.4. The number of hydrogen-bond acceptors (Lipinski definition) is 4. The smallest absolute Gasteiger partial charge is 0.268 e. The van der Waals surface area contributed by atoms with E-state index in [-0.39, 0.29) is 11.2 Å². The van der Waals surface area contributed by atoms with Crippen molar-refractivity contribution in [3.63, 3.8) is 0 Å². The molecule has 0 spiro atoms. The first-order valence-electron chi connectivity index (χ1n) is 9.04. The fraction of sp³-hybridized carbons (Fsp3) is 0.0435. The van der Waals surface area contributed by atoms with Crippen molar-refractivity contribution in [3.05, 3.63) is 110 Å². The largest absolute Gasteiger partial charge is 0.270 e. The van der Waals surface area contributed by atoms with Crippen LogP contribution in [0.5, 0.6) is 0 Å². The van der Waals surface area contributed by atoms with Gasteiger partial charge in [-0.2, -0.15) is 0 Å². The lowest BCUT2D eigenvalue weighted by Crippen LogP contribution is -2.22. The average molecular weight is 383 g/mol. The molecule has 0 unspecified atom stereocenters. The predicted molar refractivity (Wildman–Crippen MR) is 114 cm³/mol. The first-order chi connectivity index (χ1) is 14.0. The Balaban J connectivity index is 1.91. The van der Waals surface area contributed by atoms with Crippen molar-refractivity contribution in [1.82, 2.24) is 9.55 Å². The monoisotopic (exact) mass is 383 g/mol. The Morgan fingerprint density at radius 3 is 2.55 bits per heavy atom. The average Bonchev–Trinajstić information content (AvgIpc) is 2.72. The molecule has 6 nitrogen and oxygen atoms in total. The number of para-hydroxylation sites is 1. The van der Waals surface area contributed by atoms with E-state index in [2.05, 4.69) is 4.98 Å². The summed E-state index contributed by atoms with van der Waals surface area (Å²) in [4.78, 5) is 28.4. The summed E-state index contributed by atoms with van der Waals surface area (Å²) in [5.41, 5.74) is 2.83. The topological polar surface area (TPSA) is 78.0 Å². The van der Waals surface area contributed by atoms with Crippen LogP contribution >= 0.6 is 0 Å². The van der Waals surface area contributed by atoms with Gasteiger partial charge in [0.15, 0.2) is 0 Å². The van der Waals surface area contributed by atoms with Crippen LogP contribution in [-0.4, -0.2) is 14.5 Å². The molecule has 0 amide bonds. The molecule has 0 N–H and O–H groups in total. The number of nitro benzene ring substituents is 1. The van der Waals surface area contributed by atoms with Crippen LogP contribution in [0.4, 0.5) is 5.69 Å². The van der Waals surface area contributed by atoms with Gasteiger partial charge in [-0.3, -0.25) is 19.5 Å². The van der Waals surface area contributed by atoms with Crippen molar-refractivity contribution < 1.29 is 4.92 Å². The second-order valence-electron chi connectivity index (χ2n) is 6.65. The van der Waals surface area contributed by atoms with Crippen LogP contribution in [0.1, 0.15) is 17.0 Å². The zero-order valence-electron chi connectivity index (χ0n) is 15.6. The first kappa shape index (κ1) is 18.3. The van der Waals surface area contributed by atoms with Gasteiger partial charge in [0.2, 0.25) is 0 Å². The molecule has 0 aliphatic rings. The van der Waals surface area contributed by atoms with E-state index in [4.69, 9.17) is 0 Å². The molecular formula is C23H17N3O3. The van der Waals surface area contributed by atoms with Gasteiger partial charge in [0.25, 0.3) is 11.2 Å². The van der Waals surface area contributed by atoms with Crippen molar-refractivity contribution in [2.45, 2.75) is 6.92 Å². The van der Waals surface area contributed by atoms with Crippen LogP contribution in [0.2, 0.25) is 0 Å². The third kappa shape index (κ3) is 3.68. The molecule has 0 atom stereocenters. The van der Waals surface area contributed by atoms with Gasteiger partial charge in [-0.1, -0.05) is 42.5 Å². The highest BCUT2D eigenvalue weighted by atomic mass is 16.6. The highest BCUT2D eigenvalue weighted by Gasteiger charge is 2.11. The lowest BCUT2D eigenvalue weighted by Gasteiger charge is -2.12. The minimum absolute atomic E-state index is 0.00898. The number of hydrogen-bond donors (Lipinski definition) is 0. The van der Waals surface area contributed by atoms with E-state index in [1.807, 2.05) is 43.3 Å². The molecule has 3 aromatic carbocycles. The quantitative estimate of drug-likeness (QED) is 0.375. The molecule has 142 valence electrons. The maximum absolute atomic E-state index is 13.2. The Bertz CT molecular complexity index is 1320. The van der Waals surface area contributed by atoms with Crippen molar-refractivity contribution in [3.8, 4) is 5.69 Å². The van der Waals surface area contributed by atoms with Gasteiger partial charge < -0.3 is 0 Å². The van der Waals surface area contributed by atoms with Crippen molar-refractivity contribution in [2.24, 2.45) is 0 Å². The maximum Gasteiger partial charge on any atom is 0.270 e. The number of non-ortho nitro benzene ring substituents is 1. The van der Waals surface area contributed by atoms with Crippen LogP contribution < -0.4 is 5.56 Å². The molecule has 1 heterocycles. The van der Waals surface area contributed by atoms with Crippen LogP contribution in [0, 0.1) is 17.0 Å². The molecule has 0 saturated heterocycles. The first-order valence-corrected chi connectivity index (χ1v) is 9.04. The molecule has 1 aromatic heterocycles. The normalized spacial score (nSPS) is 11.2. The van der Waals surface area contributed by atoms with Crippen LogP contribution in [0.15, 0.2) is 77.6 Å². The van der Waals surface area contributed by atoms with Gasteiger partial charge in [-0.05, 0) is 48.4 Å². The van der Waals surface area contributed by atoms with Gasteiger partial charge in [0.1, 0.15) is 5.82 Å². The third-order valence-corrected chi connectivity index (χ3v) is 4.57. The highest BCUT2D eigenvalue weighted by molar-refractivity contribution is 5.80. The molecular weight excluding hydrogens is 366 g/mol. The standard InChI is InChI=1S/C23H17N3O3/c1-16-6-4-8-18(14-16)25-22(24-21-11-3-2-10-20(21)23(25)27)13-12-17-7-5-9-19(15-17)26(28)29/h2-15H,1H3. The molecule has 29 heavy (non-hydrogen) atoms. The van der Waals surface area contributed by atoms with Gasteiger partial charge in [-0.15, -0.1) is 0 Å². The minimum atomic E-state index is -0.436. The lowest BCUT2D eigenvalue weighted by atomic mass is 10.1. The summed E-state index contributed by atoms with van der Waals surface area (Å²) in [6.45, 7) is 1.96. The number of fused-ring (bicyclic) bond motifs is 1. The number of nitro groups is 1. The Morgan fingerprint density at radius 2 is 1.76 bits per heavy atom. The van der Waals surface area contributed by atoms with Gasteiger partial charge in [0.05, 0.1) is 21.5 Å². The van der Waals surface area contributed by atoms with Crippen molar-refractivity contribution in [1.29, 1.82) is 0 Å². The highest BCUT2D eigenvalue weighted by Crippen LogP contribution is 2.18. The van der Waals surface area contributed by atoms with E-state index in [1.54, 1.807) is 41.0 Å². The fourth-order valence-electron chi connectivity index (χ4n) is 3.19. The molecule has 6 heteroatoms. The zero-order valence-corrected chi connectivity index (χ0v) is 15.6. The Hall–Kier alpha value is -4.06.